The monoisotopic (exact) mass is 903 g/mol. The number of benzene rings is 1. The Morgan fingerprint density at radius 2 is 1.80 bits per heavy atom. The SMILES string of the molecule is C=C[C@@H]1C[C@]1(CC(=O)[C@@H]1C[C@@H]2CN1C(=O)[C@H](C(C)(C)C)CC(=O)O[C@@H]1C[C@H]1CCCCCc1c(nc3ccccc3c1OCCCN1CCN(C)CC1)O2)C(=O)NS(=O)(=O)C1(C)CC1. The van der Waals surface area contributed by atoms with Crippen molar-refractivity contribution in [3.8, 4) is 11.6 Å². The molecule has 15 heteroatoms. The molecule has 7 atom stereocenters. The molecule has 1 N–H and O–H groups in total. The number of aromatic nitrogens is 1. The number of carbonyl (C=O) groups is 4. The number of hydrogen-bond acceptors (Lipinski definition) is 12. The van der Waals surface area contributed by atoms with E-state index >= 15 is 0 Å². The molecule has 8 rings (SSSR count). The number of piperazine rings is 1. The van der Waals surface area contributed by atoms with E-state index in [1.807, 2.05) is 45.0 Å². The maximum atomic E-state index is 15.0. The molecule has 0 radical (unpaired) electrons. The zero-order chi connectivity index (χ0) is 45.6. The van der Waals surface area contributed by atoms with Crippen LogP contribution in [0.5, 0.6) is 11.6 Å². The number of carbonyl (C=O) groups excluding carboxylic acids is 4. The van der Waals surface area contributed by atoms with Gasteiger partial charge in [-0.3, -0.25) is 23.9 Å². The van der Waals surface area contributed by atoms with Crippen LogP contribution in [-0.4, -0.2) is 128 Å². The average Bonchev–Trinajstić information content (AvgIpc) is 4.21. The molecule has 2 saturated heterocycles. The number of Topliss-reactive ketones (excluding diaryl/α,β-unsaturated/α-hetero) is 1. The van der Waals surface area contributed by atoms with Crippen LogP contribution in [0.4, 0.5) is 0 Å². The van der Waals surface area contributed by atoms with Gasteiger partial charge < -0.3 is 28.9 Å². The largest absolute Gasteiger partial charge is 0.492 e. The highest BCUT2D eigenvalue weighted by Gasteiger charge is 2.62. The number of ether oxygens (including phenoxy) is 3. The summed E-state index contributed by atoms with van der Waals surface area (Å²) in [6.45, 7) is 16.9. The summed E-state index contributed by atoms with van der Waals surface area (Å²) in [6, 6.07) is 6.89. The Hall–Kier alpha value is -4.08. The molecule has 2 bridgehead atoms. The molecule has 2 aromatic rings. The third-order valence-corrected chi connectivity index (χ3v) is 17.3. The fraction of sp³-hybridized carbons (Fsp3) is 0.694. The van der Waals surface area contributed by atoms with Crippen molar-refractivity contribution in [3.63, 3.8) is 0 Å². The number of nitrogens with one attached hydrogen (secondary N) is 1. The van der Waals surface area contributed by atoms with Crippen molar-refractivity contribution in [2.24, 2.45) is 28.6 Å². The number of hydrogen-bond donors (Lipinski definition) is 1. The van der Waals surface area contributed by atoms with Gasteiger partial charge in [0.15, 0.2) is 5.78 Å². The zero-order valence-electron chi connectivity index (χ0n) is 38.6. The number of esters is 1. The van der Waals surface area contributed by atoms with Gasteiger partial charge in [-0.1, -0.05) is 51.8 Å². The molecular formula is C49H69N5O9S. The van der Waals surface area contributed by atoms with Gasteiger partial charge in [-0.2, -0.15) is 0 Å². The van der Waals surface area contributed by atoms with Gasteiger partial charge in [0.1, 0.15) is 18.0 Å². The van der Waals surface area contributed by atoms with Gasteiger partial charge in [0.2, 0.25) is 27.7 Å². The summed E-state index contributed by atoms with van der Waals surface area (Å²) in [5.41, 5.74) is -0.399. The number of nitrogens with zero attached hydrogens (tertiary/aromatic N) is 4. The molecule has 3 aliphatic heterocycles. The van der Waals surface area contributed by atoms with Gasteiger partial charge in [0.05, 0.1) is 52.8 Å². The second-order valence-electron chi connectivity index (χ2n) is 21.0. The van der Waals surface area contributed by atoms with E-state index in [1.54, 1.807) is 13.0 Å². The van der Waals surface area contributed by atoms with Crippen molar-refractivity contribution in [1.29, 1.82) is 0 Å². The van der Waals surface area contributed by atoms with Gasteiger partial charge in [-0.05, 0) is 94.7 Å². The van der Waals surface area contributed by atoms with E-state index in [-0.39, 0.29) is 50.0 Å². The first kappa shape index (κ1) is 46.4. The molecule has 0 spiro atoms. The van der Waals surface area contributed by atoms with Crippen molar-refractivity contribution >= 4 is 44.5 Å². The standard InChI is InChI=1S/C49H69N5O9S/c1-7-33-29-49(33,46(58)51-64(59,60)48(5)18-19-48)30-40(55)39-27-34-31-54(39)45(57)37(47(2,3)4)28-42(56)63-41-26-32(41)14-9-8-10-16-36-43(35-15-11-12-17-38(35)50-44(36)62-34)61-25-13-20-53-23-21-52(6)22-24-53/h7,11-12,15,17,32-34,37,39,41H,1,8-10,13-14,16,18-31H2,2-6H3,(H,51,58)/t32-,33-,34-,37-,39+,41-,49-/m1/s1. The lowest BCUT2D eigenvalue weighted by Crippen LogP contribution is -2.49. The Morgan fingerprint density at radius 1 is 1.05 bits per heavy atom. The minimum Gasteiger partial charge on any atom is -0.492 e. The fourth-order valence-corrected chi connectivity index (χ4v) is 11.4. The average molecular weight is 904 g/mol. The van der Waals surface area contributed by atoms with E-state index < -0.39 is 61.5 Å². The Labute approximate surface area is 379 Å². The van der Waals surface area contributed by atoms with Crippen molar-refractivity contribution in [2.45, 2.75) is 134 Å². The first-order valence-electron chi connectivity index (χ1n) is 23.8. The summed E-state index contributed by atoms with van der Waals surface area (Å²) < 4.78 is 47.4. The molecule has 2 amide bonds. The Morgan fingerprint density at radius 3 is 2.50 bits per heavy atom. The van der Waals surface area contributed by atoms with Crippen LogP contribution in [0.2, 0.25) is 0 Å². The molecule has 4 heterocycles. The van der Waals surface area contributed by atoms with Crippen LogP contribution in [-0.2, 0) is 40.4 Å². The molecular weight excluding hydrogens is 835 g/mol. The lowest BCUT2D eigenvalue weighted by Gasteiger charge is -2.34. The maximum absolute atomic E-state index is 15.0. The van der Waals surface area contributed by atoms with Crippen LogP contribution in [0.25, 0.3) is 10.9 Å². The number of sulfonamides is 1. The van der Waals surface area contributed by atoms with Crippen molar-refractivity contribution in [3.05, 3.63) is 42.5 Å². The number of amides is 2. The van der Waals surface area contributed by atoms with E-state index in [4.69, 9.17) is 19.2 Å². The summed E-state index contributed by atoms with van der Waals surface area (Å²) in [5, 5.41) is 0.904. The van der Waals surface area contributed by atoms with Crippen molar-refractivity contribution < 1.29 is 41.8 Å². The molecule has 1 aromatic heterocycles. The Balaban J connectivity index is 1.11. The van der Waals surface area contributed by atoms with Gasteiger partial charge >= 0.3 is 5.97 Å². The first-order chi connectivity index (χ1) is 30.4. The lowest BCUT2D eigenvalue weighted by atomic mass is 9.77. The molecule has 1 aromatic carbocycles. The number of rotatable bonds is 12. The van der Waals surface area contributed by atoms with Crippen LogP contribution in [0.3, 0.4) is 0 Å². The molecule has 64 heavy (non-hydrogen) atoms. The maximum Gasteiger partial charge on any atom is 0.306 e. The van der Waals surface area contributed by atoms with Crippen LogP contribution in [0.1, 0.15) is 110 Å². The van der Waals surface area contributed by atoms with Crippen molar-refractivity contribution in [2.75, 3.05) is 52.9 Å². The predicted molar refractivity (Wildman–Crippen MR) is 243 cm³/mol. The summed E-state index contributed by atoms with van der Waals surface area (Å²) in [6.07, 6.45) is 7.73. The predicted octanol–water partition coefficient (Wildman–Crippen LogP) is 5.85. The highest BCUT2D eigenvalue weighted by molar-refractivity contribution is 7.91. The van der Waals surface area contributed by atoms with Gasteiger partial charge in [-0.15, -0.1) is 6.58 Å². The molecule has 3 aliphatic carbocycles. The number of fused-ring (bicyclic) bond motifs is 5. The molecule has 350 valence electrons. The smallest absolute Gasteiger partial charge is 0.306 e. The number of para-hydroxylation sites is 1. The quantitative estimate of drug-likeness (QED) is 0.154. The molecule has 14 nitrogen and oxygen atoms in total. The molecule has 0 unspecified atom stereocenters. The second kappa shape index (κ2) is 18.3. The van der Waals surface area contributed by atoms with Gasteiger partial charge in [0.25, 0.3) is 0 Å². The molecule has 5 fully saturated rings. The van der Waals surface area contributed by atoms with E-state index in [0.717, 1.165) is 87.9 Å². The molecule has 3 saturated carbocycles. The number of allylic oxidation sites excluding steroid dienone is 1. The number of likely N-dealkylation sites (N-methyl/N-ethyl adjacent to an activating group) is 1. The van der Waals surface area contributed by atoms with E-state index in [9.17, 15) is 27.6 Å². The van der Waals surface area contributed by atoms with Crippen LogP contribution >= 0.6 is 0 Å². The summed E-state index contributed by atoms with van der Waals surface area (Å²) in [4.78, 5) is 68.7. The highest BCUT2D eigenvalue weighted by atomic mass is 32.2. The Bertz CT molecular complexity index is 2230. The van der Waals surface area contributed by atoms with E-state index in [0.29, 0.717) is 43.2 Å². The van der Waals surface area contributed by atoms with Gasteiger partial charge in [-0.25, -0.2) is 13.4 Å². The van der Waals surface area contributed by atoms with E-state index in [1.165, 1.54) is 4.90 Å². The van der Waals surface area contributed by atoms with Gasteiger partial charge in [0, 0.05) is 51.0 Å². The fourth-order valence-electron chi connectivity index (χ4n) is 10.1. The first-order valence-corrected chi connectivity index (χ1v) is 25.2. The van der Waals surface area contributed by atoms with Crippen LogP contribution < -0.4 is 14.2 Å². The summed E-state index contributed by atoms with van der Waals surface area (Å²) in [5.74, 6) is -1.63. The number of pyridine rings is 1. The van der Waals surface area contributed by atoms with Crippen LogP contribution in [0.15, 0.2) is 36.9 Å². The second-order valence-corrected chi connectivity index (χ2v) is 23.2. The normalized spacial score (nSPS) is 30.2. The summed E-state index contributed by atoms with van der Waals surface area (Å²) >= 11 is 0. The Kier molecular flexibility index (Phi) is 13.3. The van der Waals surface area contributed by atoms with Crippen molar-refractivity contribution in [1.82, 2.24) is 24.4 Å². The minimum atomic E-state index is -3.97. The number of ketones is 1. The topological polar surface area (TPSA) is 165 Å². The third kappa shape index (κ3) is 10.0. The zero-order valence-corrected chi connectivity index (χ0v) is 39.4. The summed E-state index contributed by atoms with van der Waals surface area (Å²) in [7, 11) is -1.81. The molecule has 6 aliphatic rings. The third-order valence-electron chi connectivity index (χ3n) is 15.1. The van der Waals surface area contributed by atoms with Crippen LogP contribution in [0, 0.1) is 28.6 Å². The minimum absolute atomic E-state index is 0.0492. The van der Waals surface area contributed by atoms with E-state index in [2.05, 4.69) is 28.1 Å². The lowest BCUT2D eigenvalue weighted by molar-refractivity contribution is -0.154. The highest BCUT2D eigenvalue weighted by Crippen LogP contribution is 2.57.